The van der Waals surface area contributed by atoms with Gasteiger partial charge in [-0.2, -0.15) is 13.2 Å². The van der Waals surface area contributed by atoms with Crippen LogP contribution in [0, 0.1) is 6.92 Å². The fraction of sp³-hybridized carbons (Fsp3) is 0.227. The third-order valence-electron chi connectivity index (χ3n) is 4.80. The van der Waals surface area contributed by atoms with Crippen molar-refractivity contribution in [3.05, 3.63) is 71.0 Å². The molecule has 1 amide bonds. The quantitative estimate of drug-likeness (QED) is 0.621. The van der Waals surface area contributed by atoms with E-state index in [1.165, 1.54) is 20.1 Å². The highest BCUT2D eigenvalue weighted by atomic mass is 19.4. The molecule has 0 bridgehead atoms. The van der Waals surface area contributed by atoms with Crippen LogP contribution < -0.4 is 10.1 Å². The number of nitrogens with one attached hydrogen (secondary N) is 1. The number of ketones is 1. The highest BCUT2D eigenvalue weighted by Gasteiger charge is 2.39. The molecule has 0 saturated carbocycles. The summed E-state index contributed by atoms with van der Waals surface area (Å²) in [6.45, 7) is 3.10. The second kappa shape index (κ2) is 8.14. The van der Waals surface area contributed by atoms with E-state index in [0.29, 0.717) is 22.3 Å². The van der Waals surface area contributed by atoms with Gasteiger partial charge in [-0.05, 0) is 42.5 Å². The van der Waals surface area contributed by atoms with Crippen LogP contribution in [0.4, 0.5) is 13.2 Å². The Kier molecular flexibility index (Phi) is 5.78. The highest BCUT2D eigenvalue weighted by molar-refractivity contribution is 6.18. The van der Waals surface area contributed by atoms with Crippen LogP contribution in [0.2, 0.25) is 0 Å². The lowest BCUT2D eigenvalue weighted by atomic mass is 9.92. The van der Waals surface area contributed by atoms with Gasteiger partial charge in [-0.3, -0.25) is 14.6 Å². The van der Waals surface area contributed by atoms with Crippen LogP contribution in [0.5, 0.6) is 5.75 Å². The summed E-state index contributed by atoms with van der Waals surface area (Å²) in [4.78, 5) is 28.6. The molecule has 5 nitrogen and oxygen atoms in total. The van der Waals surface area contributed by atoms with Gasteiger partial charge < -0.3 is 10.1 Å². The van der Waals surface area contributed by atoms with E-state index in [4.69, 9.17) is 4.74 Å². The summed E-state index contributed by atoms with van der Waals surface area (Å²) in [6, 6.07) is 9.15. The predicted octanol–water partition coefficient (Wildman–Crippen LogP) is 4.52. The number of alkyl halides is 3. The molecule has 156 valence electrons. The molecule has 8 heteroatoms. The Hall–Kier alpha value is -3.42. The Morgan fingerprint density at radius 2 is 1.90 bits per heavy atom. The van der Waals surface area contributed by atoms with Crippen LogP contribution in [0.1, 0.15) is 40.0 Å². The number of halogens is 3. The molecule has 0 spiro atoms. The summed E-state index contributed by atoms with van der Waals surface area (Å²) in [5, 5.41) is 3.44. The number of benzene rings is 2. The molecule has 3 aromatic rings. The van der Waals surface area contributed by atoms with Crippen LogP contribution in [0.3, 0.4) is 0 Å². The average molecular weight is 416 g/mol. The zero-order valence-corrected chi connectivity index (χ0v) is 16.5. The molecule has 30 heavy (non-hydrogen) atoms. The Bertz CT molecular complexity index is 1120. The van der Waals surface area contributed by atoms with E-state index in [2.05, 4.69) is 4.98 Å². The van der Waals surface area contributed by atoms with E-state index in [0.717, 1.165) is 10.8 Å². The molecule has 1 aromatic heterocycles. The van der Waals surface area contributed by atoms with E-state index in [1.54, 1.807) is 43.6 Å². The second-order valence-electron chi connectivity index (χ2n) is 6.84. The number of aryl methyl sites for hydroxylation is 1. The van der Waals surface area contributed by atoms with Crippen LogP contribution in [0.25, 0.3) is 10.8 Å². The largest absolute Gasteiger partial charge is 0.496 e. The van der Waals surface area contributed by atoms with Gasteiger partial charge in [0.2, 0.25) is 0 Å². The highest BCUT2D eigenvalue weighted by Crippen LogP contribution is 2.31. The lowest BCUT2D eigenvalue weighted by molar-refractivity contribution is -0.174. The maximum absolute atomic E-state index is 13.3. The van der Waals surface area contributed by atoms with Gasteiger partial charge in [-0.15, -0.1) is 0 Å². The smallest absolute Gasteiger partial charge is 0.471 e. The standard InChI is InChI=1S/C22H19F3N2O3/c1-12-9-15(13(2)27-21(29)22(23,24)25)10-18(30-3)19(12)20(28)17-6-4-5-14-11-26-8-7-16(14)17/h4-11,13H,1-3H3,(H,27,29). The average Bonchev–Trinajstić information content (AvgIpc) is 2.71. The molecule has 1 atom stereocenters. The van der Waals surface area contributed by atoms with Gasteiger partial charge in [0.1, 0.15) is 5.75 Å². The van der Waals surface area contributed by atoms with Crippen molar-refractivity contribution in [3.8, 4) is 5.75 Å². The summed E-state index contributed by atoms with van der Waals surface area (Å²) >= 11 is 0. The molecular weight excluding hydrogens is 397 g/mol. The van der Waals surface area contributed by atoms with Crippen molar-refractivity contribution in [2.24, 2.45) is 0 Å². The summed E-state index contributed by atoms with van der Waals surface area (Å²) in [7, 11) is 1.38. The molecule has 1 unspecified atom stereocenters. The fourth-order valence-corrected chi connectivity index (χ4v) is 3.30. The number of methoxy groups -OCH3 is 1. The van der Waals surface area contributed by atoms with Gasteiger partial charge in [0.25, 0.3) is 0 Å². The summed E-state index contributed by atoms with van der Waals surface area (Å²) in [5.74, 6) is -2.09. The number of fused-ring (bicyclic) bond motifs is 1. The van der Waals surface area contributed by atoms with E-state index < -0.39 is 18.1 Å². The van der Waals surface area contributed by atoms with Gasteiger partial charge in [0, 0.05) is 23.3 Å². The molecule has 1 N–H and O–H groups in total. The summed E-state index contributed by atoms with van der Waals surface area (Å²) in [6.07, 6.45) is -1.73. The monoisotopic (exact) mass is 416 g/mol. The number of aromatic nitrogens is 1. The number of rotatable bonds is 5. The van der Waals surface area contributed by atoms with Crippen molar-refractivity contribution < 1.29 is 27.5 Å². The van der Waals surface area contributed by atoms with Crippen molar-refractivity contribution in [2.45, 2.75) is 26.1 Å². The summed E-state index contributed by atoms with van der Waals surface area (Å²) in [5.41, 5.74) is 1.68. The van der Waals surface area contributed by atoms with Crippen LogP contribution in [-0.4, -0.2) is 30.0 Å². The zero-order valence-electron chi connectivity index (χ0n) is 16.5. The number of hydrogen-bond donors (Lipinski definition) is 1. The normalized spacial score (nSPS) is 12.5. The topological polar surface area (TPSA) is 68.3 Å². The van der Waals surface area contributed by atoms with Crippen molar-refractivity contribution in [1.82, 2.24) is 10.3 Å². The number of carbonyl (C=O) groups is 2. The third-order valence-corrected chi connectivity index (χ3v) is 4.80. The van der Waals surface area contributed by atoms with Crippen LogP contribution in [0.15, 0.2) is 48.8 Å². The predicted molar refractivity (Wildman–Crippen MR) is 106 cm³/mol. The number of ether oxygens (including phenoxy) is 1. The first-order valence-corrected chi connectivity index (χ1v) is 9.07. The first-order chi connectivity index (χ1) is 14.1. The first kappa shape index (κ1) is 21.3. The first-order valence-electron chi connectivity index (χ1n) is 9.07. The Morgan fingerprint density at radius 3 is 2.57 bits per heavy atom. The number of carbonyl (C=O) groups excluding carboxylic acids is 2. The number of hydrogen-bond acceptors (Lipinski definition) is 4. The van der Waals surface area contributed by atoms with Crippen molar-refractivity contribution in [1.29, 1.82) is 0 Å². The maximum atomic E-state index is 13.3. The lowest BCUT2D eigenvalue weighted by Crippen LogP contribution is -2.38. The van der Waals surface area contributed by atoms with Gasteiger partial charge in [0.05, 0.1) is 18.7 Å². The molecule has 3 rings (SSSR count). The van der Waals surface area contributed by atoms with Gasteiger partial charge in [-0.1, -0.05) is 24.3 Å². The second-order valence-corrected chi connectivity index (χ2v) is 6.84. The molecule has 0 radical (unpaired) electrons. The molecule has 0 aliphatic carbocycles. The zero-order chi connectivity index (χ0) is 22.1. The maximum Gasteiger partial charge on any atom is 0.471 e. The minimum atomic E-state index is -4.98. The minimum Gasteiger partial charge on any atom is -0.496 e. The molecule has 0 aliphatic heterocycles. The Balaban J connectivity index is 2.02. The van der Waals surface area contributed by atoms with Crippen LogP contribution >= 0.6 is 0 Å². The molecule has 0 aliphatic rings. The van der Waals surface area contributed by atoms with E-state index >= 15 is 0 Å². The lowest BCUT2D eigenvalue weighted by Gasteiger charge is -2.19. The van der Waals surface area contributed by atoms with Crippen LogP contribution in [-0.2, 0) is 4.79 Å². The molecule has 2 aromatic carbocycles. The SMILES string of the molecule is COc1cc(C(C)NC(=O)C(F)(F)F)cc(C)c1C(=O)c1cccc2cnccc12. The number of nitrogens with zero attached hydrogens (tertiary/aromatic N) is 1. The molecule has 0 fully saturated rings. The van der Waals surface area contributed by atoms with E-state index in [-0.39, 0.29) is 11.5 Å². The molecule has 0 saturated heterocycles. The van der Waals surface area contributed by atoms with Gasteiger partial charge in [0.15, 0.2) is 5.78 Å². The number of amides is 1. The number of pyridine rings is 1. The molecular formula is C22H19F3N2O3. The minimum absolute atomic E-state index is 0.217. The molecule has 1 heterocycles. The Morgan fingerprint density at radius 1 is 1.17 bits per heavy atom. The van der Waals surface area contributed by atoms with Crippen molar-refractivity contribution >= 4 is 22.5 Å². The van der Waals surface area contributed by atoms with E-state index in [1.807, 2.05) is 11.4 Å². The van der Waals surface area contributed by atoms with E-state index in [9.17, 15) is 22.8 Å². The van der Waals surface area contributed by atoms with Crippen molar-refractivity contribution in [3.63, 3.8) is 0 Å². The van der Waals surface area contributed by atoms with Gasteiger partial charge in [-0.25, -0.2) is 0 Å². The Labute approximate surface area is 170 Å². The summed E-state index contributed by atoms with van der Waals surface area (Å²) < 4.78 is 43.0. The van der Waals surface area contributed by atoms with Gasteiger partial charge >= 0.3 is 12.1 Å². The van der Waals surface area contributed by atoms with Crippen molar-refractivity contribution in [2.75, 3.05) is 7.11 Å². The third kappa shape index (κ3) is 4.12. The fourth-order valence-electron chi connectivity index (χ4n) is 3.30.